The summed E-state index contributed by atoms with van der Waals surface area (Å²) in [6, 6.07) is 3.20. The van der Waals surface area contributed by atoms with E-state index in [4.69, 9.17) is 5.73 Å². The molecule has 4 nitrogen and oxygen atoms in total. The predicted molar refractivity (Wildman–Crippen MR) is 86.0 cm³/mol. The molecule has 0 fully saturated rings. The Kier molecular flexibility index (Phi) is 8.04. The highest BCUT2D eigenvalue weighted by atomic mass is 16.1. The fourth-order valence-corrected chi connectivity index (χ4v) is 2.29. The number of nitrogen functional groups attached to an aromatic ring is 1. The molecule has 0 aromatic carbocycles. The molecule has 2 N–H and O–H groups in total. The van der Waals surface area contributed by atoms with Crippen LogP contribution < -0.4 is 11.3 Å². The molecule has 0 aliphatic heterocycles. The lowest BCUT2D eigenvalue weighted by atomic mass is 10.2. The van der Waals surface area contributed by atoms with E-state index >= 15 is 0 Å². The number of hydrogen-bond donors (Lipinski definition) is 1. The molecule has 0 saturated carbocycles. The van der Waals surface area contributed by atoms with Crippen molar-refractivity contribution in [3.8, 4) is 0 Å². The molecule has 0 atom stereocenters. The highest BCUT2D eigenvalue weighted by Crippen LogP contribution is 2.02. The Morgan fingerprint density at radius 3 is 2.25 bits per heavy atom. The second-order valence-electron chi connectivity index (χ2n) is 5.40. The van der Waals surface area contributed by atoms with Gasteiger partial charge in [0.2, 0.25) is 0 Å². The molecule has 0 aliphatic rings. The molecule has 0 bridgehead atoms. The van der Waals surface area contributed by atoms with Crippen LogP contribution in [0.3, 0.4) is 0 Å². The number of hydrogen-bond acceptors (Lipinski definition) is 3. The van der Waals surface area contributed by atoms with Gasteiger partial charge < -0.3 is 15.2 Å². The summed E-state index contributed by atoms with van der Waals surface area (Å²) in [5, 5.41) is 0. The van der Waals surface area contributed by atoms with Crippen LogP contribution in [0.4, 0.5) is 5.69 Å². The Hall–Kier alpha value is -1.29. The van der Waals surface area contributed by atoms with Crippen molar-refractivity contribution in [1.29, 1.82) is 0 Å². The van der Waals surface area contributed by atoms with Crippen molar-refractivity contribution in [2.24, 2.45) is 0 Å². The molecule has 1 aromatic rings. The van der Waals surface area contributed by atoms with Gasteiger partial charge in [-0.2, -0.15) is 0 Å². The van der Waals surface area contributed by atoms with E-state index < -0.39 is 0 Å². The predicted octanol–water partition coefficient (Wildman–Crippen LogP) is 2.72. The average Bonchev–Trinajstić information content (AvgIpc) is 2.45. The van der Waals surface area contributed by atoms with Gasteiger partial charge in [0.15, 0.2) is 0 Å². The van der Waals surface area contributed by atoms with Crippen molar-refractivity contribution in [1.82, 2.24) is 9.47 Å². The van der Waals surface area contributed by atoms with Crippen molar-refractivity contribution in [2.75, 3.05) is 25.4 Å². The monoisotopic (exact) mass is 279 g/mol. The van der Waals surface area contributed by atoms with Gasteiger partial charge in [-0.05, 0) is 45.0 Å². The van der Waals surface area contributed by atoms with Gasteiger partial charge in [0.25, 0.3) is 5.56 Å². The van der Waals surface area contributed by atoms with Gasteiger partial charge in [-0.1, -0.05) is 26.7 Å². The normalized spacial score (nSPS) is 11.2. The van der Waals surface area contributed by atoms with Crippen molar-refractivity contribution in [3.63, 3.8) is 0 Å². The van der Waals surface area contributed by atoms with Crippen LogP contribution in [-0.2, 0) is 6.54 Å². The summed E-state index contributed by atoms with van der Waals surface area (Å²) in [4.78, 5) is 14.2. The van der Waals surface area contributed by atoms with Crippen molar-refractivity contribution in [2.45, 2.75) is 52.5 Å². The highest BCUT2D eigenvalue weighted by Gasteiger charge is 2.04. The van der Waals surface area contributed by atoms with Crippen LogP contribution in [0.15, 0.2) is 23.1 Å². The van der Waals surface area contributed by atoms with Gasteiger partial charge in [-0.3, -0.25) is 4.79 Å². The SMILES string of the molecule is CCCCN(CCCC)CCCn1cc(N)ccc1=O. The van der Waals surface area contributed by atoms with Crippen molar-refractivity contribution >= 4 is 5.69 Å². The molecule has 20 heavy (non-hydrogen) atoms. The summed E-state index contributed by atoms with van der Waals surface area (Å²) in [5.41, 5.74) is 6.41. The molecule has 0 aliphatic carbocycles. The summed E-state index contributed by atoms with van der Waals surface area (Å²) in [7, 11) is 0. The zero-order chi connectivity index (χ0) is 14.8. The second-order valence-corrected chi connectivity index (χ2v) is 5.40. The van der Waals surface area contributed by atoms with Crippen LogP contribution in [0.2, 0.25) is 0 Å². The second kappa shape index (κ2) is 9.59. The largest absolute Gasteiger partial charge is 0.398 e. The minimum absolute atomic E-state index is 0.0351. The van der Waals surface area contributed by atoms with Gasteiger partial charge in [-0.25, -0.2) is 0 Å². The number of nitrogens with two attached hydrogens (primary N) is 1. The Morgan fingerprint density at radius 2 is 1.65 bits per heavy atom. The standard InChI is InChI=1S/C16H29N3O/c1-3-5-10-18(11-6-4-2)12-7-13-19-14-15(17)8-9-16(19)20/h8-9,14H,3-7,10-13,17H2,1-2H3. The van der Waals surface area contributed by atoms with Crippen LogP contribution in [0.25, 0.3) is 0 Å². The minimum atomic E-state index is 0.0351. The molecular weight excluding hydrogens is 250 g/mol. The molecule has 0 saturated heterocycles. The van der Waals surface area contributed by atoms with Crippen LogP contribution in [0.1, 0.15) is 46.0 Å². The highest BCUT2D eigenvalue weighted by molar-refractivity contribution is 5.33. The van der Waals surface area contributed by atoms with E-state index in [1.807, 2.05) is 0 Å². The third-order valence-electron chi connectivity index (χ3n) is 3.54. The summed E-state index contributed by atoms with van der Waals surface area (Å²) in [6.07, 6.45) is 7.71. The first-order valence-electron chi connectivity index (χ1n) is 7.85. The smallest absolute Gasteiger partial charge is 0.250 e. The summed E-state index contributed by atoms with van der Waals surface area (Å²) < 4.78 is 1.72. The molecule has 1 rings (SSSR count). The Bertz CT molecular complexity index is 420. The van der Waals surface area contributed by atoms with E-state index in [1.54, 1.807) is 22.9 Å². The van der Waals surface area contributed by atoms with E-state index in [2.05, 4.69) is 18.7 Å². The third-order valence-corrected chi connectivity index (χ3v) is 3.54. The molecule has 1 aromatic heterocycles. The number of aryl methyl sites for hydroxylation is 1. The molecular formula is C16H29N3O. The van der Waals surface area contributed by atoms with E-state index in [0.29, 0.717) is 5.69 Å². The molecule has 0 spiro atoms. The van der Waals surface area contributed by atoms with Crippen LogP contribution in [-0.4, -0.2) is 29.1 Å². The van der Waals surface area contributed by atoms with Gasteiger partial charge in [0, 0.05) is 24.5 Å². The van der Waals surface area contributed by atoms with Crippen molar-refractivity contribution in [3.05, 3.63) is 28.7 Å². The number of aromatic nitrogens is 1. The first kappa shape index (κ1) is 16.8. The fourth-order valence-electron chi connectivity index (χ4n) is 2.29. The van der Waals surface area contributed by atoms with Gasteiger partial charge in [0.05, 0.1) is 0 Å². The van der Waals surface area contributed by atoms with E-state index in [-0.39, 0.29) is 5.56 Å². The summed E-state index contributed by atoms with van der Waals surface area (Å²) in [6.45, 7) is 8.60. The summed E-state index contributed by atoms with van der Waals surface area (Å²) in [5.74, 6) is 0. The van der Waals surface area contributed by atoms with Crippen LogP contribution >= 0.6 is 0 Å². The zero-order valence-electron chi connectivity index (χ0n) is 13.0. The first-order valence-corrected chi connectivity index (χ1v) is 7.85. The lowest BCUT2D eigenvalue weighted by Gasteiger charge is -2.22. The van der Waals surface area contributed by atoms with E-state index in [0.717, 1.165) is 19.5 Å². The number of rotatable bonds is 10. The topological polar surface area (TPSA) is 51.3 Å². The fraction of sp³-hybridized carbons (Fsp3) is 0.688. The lowest BCUT2D eigenvalue weighted by molar-refractivity contribution is 0.257. The lowest BCUT2D eigenvalue weighted by Crippen LogP contribution is -2.29. The molecule has 0 unspecified atom stereocenters. The van der Waals surface area contributed by atoms with E-state index in [1.165, 1.54) is 38.8 Å². The maximum atomic E-state index is 11.7. The minimum Gasteiger partial charge on any atom is -0.398 e. The molecule has 4 heteroatoms. The number of nitrogens with zero attached hydrogens (tertiary/aromatic N) is 2. The van der Waals surface area contributed by atoms with Gasteiger partial charge >= 0.3 is 0 Å². The van der Waals surface area contributed by atoms with Crippen LogP contribution in [0, 0.1) is 0 Å². The number of pyridine rings is 1. The number of anilines is 1. The Balaban J connectivity index is 2.42. The Labute approximate surface area is 122 Å². The maximum Gasteiger partial charge on any atom is 0.250 e. The van der Waals surface area contributed by atoms with Crippen LogP contribution in [0.5, 0.6) is 0 Å². The average molecular weight is 279 g/mol. The maximum absolute atomic E-state index is 11.7. The quantitative estimate of drug-likeness (QED) is 0.716. The molecule has 0 radical (unpaired) electrons. The third kappa shape index (κ3) is 6.24. The first-order chi connectivity index (χ1) is 9.67. The van der Waals surface area contributed by atoms with Gasteiger partial charge in [-0.15, -0.1) is 0 Å². The molecule has 114 valence electrons. The Morgan fingerprint density at radius 1 is 1.05 bits per heavy atom. The number of unbranched alkanes of at least 4 members (excludes halogenated alkanes) is 2. The zero-order valence-corrected chi connectivity index (χ0v) is 13.0. The van der Waals surface area contributed by atoms with E-state index in [9.17, 15) is 4.79 Å². The molecule has 0 amide bonds. The molecule has 1 heterocycles. The van der Waals surface area contributed by atoms with Gasteiger partial charge in [0.1, 0.15) is 0 Å². The van der Waals surface area contributed by atoms with Crippen molar-refractivity contribution < 1.29 is 0 Å². The summed E-state index contributed by atoms with van der Waals surface area (Å²) >= 11 is 0.